The van der Waals surface area contributed by atoms with Crippen molar-refractivity contribution >= 4 is 35.9 Å². The molecule has 0 radical (unpaired) electrons. The Balaban J connectivity index is 0.00000261. The largest absolute Gasteiger partial charge is 0.354 e. The van der Waals surface area contributed by atoms with E-state index in [2.05, 4.69) is 30.1 Å². The molecule has 1 aromatic rings. The van der Waals surface area contributed by atoms with E-state index in [1.807, 2.05) is 39.3 Å². The molecule has 1 aliphatic carbocycles. The third-order valence-electron chi connectivity index (χ3n) is 5.83. The molecule has 1 aromatic heterocycles. The van der Waals surface area contributed by atoms with Crippen molar-refractivity contribution < 1.29 is 0 Å². The number of piperidine rings is 1. The Morgan fingerprint density at radius 1 is 1.22 bits per heavy atom. The van der Waals surface area contributed by atoms with Gasteiger partial charge in [0.05, 0.1) is 18.4 Å². The van der Waals surface area contributed by atoms with Crippen LogP contribution in [0.25, 0.3) is 0 Å². The predicted molar refractivity (Wildman–Crippen MR) is 123 cm³/mol. The van der Waals surface area contributed by atoms with Gasteiger partial charge >= 0.3 is 0 Å². The second kappa shape index (κ2) is 10.5. The summed E-state index contributed by atoms with van der Waals surface area (Å²) in [4.78, 5) is 13.6. The molecule has 0 bridgehead atoms. The van der Waals surface area contributed by atoms with Crippen LogP contribution < -0.4 is 15.5 Å². The van der Waals surface area contributed by atoms with Crippen molar-refractivity contribution in [1.29, 1.82) is 0 Å². The average Bonchev–Trinajstić information content (AvgIpc) is 3.29. The van der Waals surface area contributed by atoms with Gasteiger partial charge in [0, 0.05) is 53.4 Å². The van der Waals surface area contributed by atoms with Crippen LogP contribution in [-0.2, 0) is 13.6 Å². The molecule has 1 aliphatic heterocycles. The molecule has 0 unspecified atom stereocenters. The fourth-order valence-corrected chi connectivity index (χ4v) is 4.25. The van der Waals surface area contributed by atoms with Gasteiger partial charge in [-0.25, -0.2) is 4.98 Å². The fourth-order valence-electron chi connectivity index (χ4n) is 4.25. The molecule has 2 N–H and O–H groups in total. The number of guanidine groups is 1. The first-order valence-corrected chi connectivity index (χ1v) is 9.97. The zero-order valence-electron chi connectivity index (χ0n) is 17.2. The highest BCUT2D eigenvalue weighted by molar-refractivity contribution is 14.0. The standard InChI is InChI=1S/C19H35N7.HI/c1-20-18(21-13-17-14-22-19(24(2)3)25(17)4)23-15-9-11-26(12-10-15)16-7-5-6-8-16;/h14-16H,5-13H2,1-4H3,(H2,20,21,23);1H. The van der Waals surface area contributed by atoms with E-state index >= 15 is 0 Å². The Labute approximate surface area is 181 Å². The van der Waals surface area contributed by atoms with Crippen LogP contribution in [0.3, 0.4) is 0 Å². The Kier molecular flexibility index (Phi) is 8.65. The molecule has 3 rings (SSSR count). The van der Waals surface area contributed by atoms with E-state index in [4.69, 9.17) is 0 Å². The second-order valence-corrected chi connectivity index (χ2v) is 7.82. The first-order valence-electron chi connectivity index (χ1n) is 9.97. The lowest BCUT2D eigenvalue weighted by Crippen LogP contribution is -2.50. The molecule has 0 aromatic carbocycles. The van der Waals surface area contributed by atoms with Crippen molar-refractivity contribution in [3.05, 3.63) is 11.9 Å². The van der Waals surface area contributed by atoms with E-state index in [1.54, 1.807) is 0 Å². The highest BCUT2D eigenvalue weighted by Crippen LogP contribution is 2.26. The van der Waals surface area contributed by atoms with Crippen molar-refractivity contribution in [3.8, 4) is 0 Å². The zero-order chi connectivity index (χ0) is 18.5. The third kappa shape index (κ3) is 5.73. The van der Waals surface area contributed by atoms with Crippen LogP contribution in [0, 0.1) is 0 Å². The molecule has 2 fully saturated rings. The van der Waals surface area contributed by atoms with Gasteiger partial charge in [0.2, 0.25) is 5.95 Å². The minimum Gasteiger partial charge on any atom is -0.354 e. The number of nitrogens with one attached hydrogen (secondary N) is 2. The minimum absolute atomic E-state index is 0. The number of hydrogen-bond donors (Lipinski definition) is 2. The number of aromatic nitrogens is 2. The molecule has 27 heavy (non-hydrogen) atoms. The highest BCUT2D eigenvalue weighted by Gasteiger charge is 2.27. The second-order valence-electron chi connectivity index (χ2n) is 7.82. The molecular weight excluding hydrogens is 453 g/mol. The van der Waals surface area contributed by atoms with Crippen molar-refractivity contribution in [2.24, 2.45) is 12.0 Å². The van der Waals surface area contributed by atoms with Gasteiger partial charge in [-0.05, 0) is 25.7 Å². The summed E-state index contributed by atoms with van der Waals surface area (Å²) >= 11 is 0. The fraction of sp³-hybridized carbons (Fsp3) is 0.789. The van der Waals surface area contributed by atoms with Gasteiger partial charge in [-0.1, -0.05) is 12.8 Å². The summed E-state index contributed by atoms with van der Waals surface area (Å²) in [5, 5.41) is 7.05. The number of halogens is 1. The summed E-state index contributed by atoms with van der Waals surface area (Å²) in [7, 11) is 7.92. The maximum atomic E-state index is 4.46. The molecule has 2 aliphatic rings. The summed E-state index contributed by atoms with van der Waals surface area (Å²) in [6.07, 6.45) is 9.98. The molecule has 1 saturated carbocycles. The summed E-state index contributed by atoms with van der Waals surface area (Å²) in [5.41, 5.74) is 1.15. The number of imidazole rings is 1. The summed E-state index contributed by atoms with van der Waals surface area (Å²) in [6, 6.07) is 1.37. The minimum atomic E-state index is 0. The summed E-state index contributed by atoms with van der Waals surface area (Å²) in [6.45, 7) is 3.15. The van der Waals surface area contributed by atoms with Gasteiger partial charge in [0.25, 0.3) is 0 Å². The number of rotatable bonds is 5. The van der Waals surface area contributed by atoms with Crippen molar-refractivity contribution in [2.75, 3.05) is 39.1 Å². The molecule has 2 heterocycles. The van der Waals surface area contributed by atoms with Gasteiger partial charge in [-0.3, -0.25) is 4.99 Å². The van der Waals surface area contributed by atoms with Crippen molar-refractivity contribution in [1.82, 2.24) is 25.1 Å². The lowest BCUT2D eigenvalue weighted by molar-refractivity contribution is 0.150. The lowest BCUT2D eigenvalue weighted by Gasteiger charge is -2.36. The molecule has 154 valence electrons. The van der Waals surface area contributed by atoms with E-state index in [0.717, 1.165) is 30.2 Å². The molecule has 8 heteroatoms. The SMILES string of the molecule is CN=C(NCc1cnc(N(C)C)n1C)NC1CCN(C2CCCC2)CC1.I. The first kappa shape index (κ1) is 22.3. The first-order chi connectivity index (χ1) is 12.6. The van der Waals surface area contributed by atoms with Crippen LogP contribution in [0.4, 0.5) is 5.95 Å². The van der Waals surface area contributed by atoms with Crippen LogP contribution in [0.5, 0.6) is 0 Å². The smallest absolute Gasteiger partial charge is 0.204 e. The highest BCUT2D eigenvalue weighted by atomic mass is 127. The quantitative estimate of drug-likeness (QED) is 0.377. The van der Waals surface area contributed by atoms with Gasteiger partial charge in [-0.15, -0.1) is 24.0 Å². The van der Waals surface area contributed by atoms with Gasteiger partial charge in [0.1, 0.15) is 0 Å². The molecule has 0 atom stereocenters. The Morgan fingerprint density at radius 2 is 1.89 bits per heavy atom. The van der Waals surface area contributed by atoms with Crippen LogP contribution >= 0.6 is 24.0 Å². The normalized spacial score (nSPS) is 19.8. The topological polar surface area (TPSA) is 60.7 Å². The summed E-state index contributed by atoms with van der Waals surface area (Å²) < 4.78 is 2.11. The van der Waals surface area contributed by atoms with Crippen LogP contribution in [0.1, 0.15) is 44.2 Å². The van der Waals surface area contributed by atoms with E-state index in [9.17, 15) is 0 Å². The van der Waals surface area contributed by atoms with Crippen LogP contribution in [0.15, 0.2) is 11.2 Å². The van der Waals surface area contributed by atoms with Crippen LogP contribution in [0.2, 0.25) is 0 Å². The van der Waals surface area contributed by atoms with E-state index in [1.165, 1.54) is 51.6 Å². The number of likely N-dealkylation sites (tertiary alicyclic amines) is 1. The molecule has 7 nitrogen and oxygen atoms in total. The van der Waals surface area contributed by atoms with Gasteiger partial charge in [0.15, 0.2) is 5.96 Å². The Hall–Kier alpha value is -1.03. The molecule has 1 saturated heterocycles. The Morgan fingerprint density at radius 3 is 2.44 bits per heavy atom. The van der Waals surface area contributed by atoms with E-state index in [-0.39, 0.29) is 24.0 Å². The van der Waals surface area contributed by atoms with Gasteiger partial charge in [-0.2, -0.15) is 0 Å². The summed E-state index contributed by atoms with van der Waals surface area (Å²) in [5.74, 6) is 1.85. The third-order valence-corrected chi connectivity index (χ3v) is 5.83. The van der Waals surface area contributed by atoms with Gasteiger partial charge < -0.3 is 25.0 Å². The average molecular weight is 489 g/mol. The molecule has 0 spiro atoms. The zero-order valence-corrected chi connectivity index (χ0v) is 19.6. The molecule has 0 amide bonds. The predicted octanol–water partition coefficient (Wildman–Crippen LogP) is 2.18. The number of nitrogens with zero attached hydrogens (tertiary/aromatic N) is 5. The lowest BCUT2D eigenvalue weighted by atomic mass is 10.0. The number of aliphatic imine (C=N–C) groups is 1. The Bertz CT molecular complexity index is 599. The monoisotopic (exact) mass is 489 g/mol. The van der Waals surface area contributed by atoms with Crippen molar-refractivity contribution in [2.45, 2.75) is 57.2 Å². The molecular formula is C19H36IN7. The number of anilines is 1. The van der Waals surface area contributed by atoms with Crippen molar-refractivity contribution in [3.63, 3.8) is 0 Å². The van der Waals surface area contributed by atoms with Crippen LogP contribution in [-0.4, -0.2) is 66.7 Å². The maximum Gasteiger partial charge on any atom is 0.204 e. The van der Waals surface area contributed by atoms with E-state index < -0.39 is 0 Å². The van der Waals surface area contributed by atoms with E-state index in [0.29, 0.717) is 6.04 Å². The maximum absolute atomic E-state index is 4.46. The number of hydrogen-bond acceptors (Lipinski definition) is 4.